The molecule has 61 valence electrons. The first-order valence-electron chi connectivity index (χ1n) is 2.77. The van der Waals surface area contributed by atoms with E-state index in [0.29, 0.717) is 0 Å². The van der Waals surface area contributed by atoms with Crippen LogP contribution in [0.4, 0.5) is 0 Å². The van der Waals surface area contributed by atoms with Crippen LogP contribution in [0.1, 0.15) is 20.8 Å². The summed E-state index contributed by atoms with van der Waals surface area (Å²) < 4.78 is 0. The van der Waals surface area contributed by atoms with Crippen molar-refractivity contribution in [2.45, 2.75) is 31.4 Å². The van der Waals surface area contributed by atoms with Crippen molar-refractivity contribution in [1.82, 2.24) is 0 Å². The Labute approximate surface area is 62.8 Å². The topological polar surface area (TPSA) is 37.3 Å². The first-order chi connectivity index (χ1) is 4.15. The molecule has 0 aromatic rings. The molecule has 0 radical (unpaired) electrons. The molecule has 0 aliphatic rings. The summed E-state index contributed by atoms with van der Waals surface area (Å²) in [4.78, 5) is 9.00. The Hall–Kier alpha value is -0.0105. The molecule has 0 rings (SSSR count). The Morgan fingerprint density at radius 1 is 1.44 bits per heavy atom. The van der Waals surface area contributed by atoms with Crippen molar-refractivity contribution in [3.8, 4) is 0 Å². The van der Waals surface area contributed by atoms with E-state index in [1.54, 1.807) is 0 Å². The maximum absolute atomic E-state index is 9.00. The summed E-state index contributed by atoms with van der Waals surface area (Å²) in [5, 5.41) is 9.92. The Bertz CT molecular complexity index is 58.1. The van der Waals surface area contributed by atoms with Gasteiger partial charge in [-0.25, -0.2) is 0 Å². The van der Waals surface area contributed by atoms with Gasteiger partial charge in [-0.1, -0.05) is 0 Å². The molecule has 9 heavy (non-hydrogen) atoms. The van der Waals surface area contributed by atoms with Crippen LogP contribution >= 0.6 is 0 Å². The molecule has 0 atom stereocenters. The van der Waals surface area contributed by atoms with Gasteiger partial charge in [0, 0.05) is 6.92 Å². The third-order valence-corrected chi connectivity index (χ3v) is 1.24. The van der Waals surface area contributed by atoms with E-state index in [-0.39, 0.29) is 0 Å². The van der Waals surface area contributed by atoms with Gasteiger partial charge in [0.1, 0.15) is 0 Å². The Kier molecular flexibility index (Phi) is 14.2. The molecule has 0 aliphatic heterocycles. The Morgan fingerprint density at radius 2 is 1.67 bits per heavy atom. The molecule has 0 aromatic heterocycles. The first kappa shape index (κ1) is 11.7. The van der Waals surface area contributed by atoms with Crippen LogP contribution < -0.4 is 0 Å². The molecule has 0 fully saturated rings. The van der Waals surface area contributed by atoms with Gasteiger partial charge in [-0.3, -0.25) is 4.79 Å². The second-order valence-corrected chi connectivity index (χ2v) is 2.90. The maximum atomic E-state index is 9.00. The van der Waals surface area contributed by atoms with Crippen LogP contribution in [-0.4, -0.2) is 11.1 Å². The summed E-state index contributed by atoms with van der Waals surface area (Å²) in [6, 6.07) is 0. The van der Waals surface area contributed by atoms with Gasteiger partial charge >= 0.3 is 39.4 Å². The fraction of sp³-hybridized carbons (Fsp3) is 0.833. The number of hydrogen-bond donors (Lipinski definition) is 1. The number of carbonyl (C=O) groups is 1. The van der Waals surface area contributed by atoms with Gasteiger partial charge in [0.15, 0.2) is 0 Å². The average molecular weight is 182 g/mol. The van der Waals surface area contributed by atoms with Crippen molar-refractivity contribution in [3.63, 3.8) is 0 Å². The number of rotatable bonds is 2. The molecule has 3 heteroatoms. The van der Waals surface area contributed by atoms with E-state index in [0.717, 1.165) is 6.92 Å². The van der Waals surface area contributed by atoms with Crippen molar-refractivity contribution in [2.75, 3.05) is 0 Å². The third kappa shape index (κ3) is 72.4. The van der Waals surface area contributed by atoms with Crippen molar-refractivity contribution < 1.29 is 24.9 Å². The van der Waals surface area contributed by atoms with Crippen molar-refractivity contribution in [3.05, 3.63) is 0 Å². The molecule has 0 saturated carbocycles. The molecule has 0 saturated heterocycles. The van der Waals surface area contributed by atoms with Crippen LogP contribution in [0, 0.1) is 0 Å². The summed E-state index contributed by atoms with van der Waals surface area (Å²) in [5.41, 5.74) is 0. The quantitative estimate of drug-likeness (QED) is 0.663. The summed E-state index contributed by atoms with van der Waals surface area (Å²) in [6.07, 6.45) is 0. The molecule has 0 amide bonds. The Balaban J connectivity index is 0. The third-order valence-electron chi connectivity index (χ3n) is 0.302. The number of hydrogen-bond acceptors (Lipinski definition) is 1. The normalized spacial score (nSPS) is 7.89. The molecule has 2 nitrogen and oxygen atoms in total. The van der Waals surface area contributed by atoms with Gasteiger partial charge in [0.25, 0.3) is 5.97 Å². The number of carboxylic acids is 1. The summed E-state index contributed by atoms with van der Waals surface area (Å²) in [6.45, 7) is 5.42. The van der Waals surface area contributed by atoms with Gasteiger partial charge in [-0.2, -0.15) is 0 Å². The molecule has 0 aromatic carbocycles. The summed E-state index contributed by atoms with van der Waals surface area (Å²) in [7, 11) is 0. The van der Waals surface area contributed by atoms with Gasteiger partial charge in [0.2, 0.25) is 0 Å². The predicted molar refractivity (Wildman–Crippen MR) is 34.3 cm³/mol. The van der Waals surface area contributed by atoms with Crippen LogP contribution in [0.15, 0.2) is 0 Å². The van der Waals surface area contributed by atoms with E-state index < -0.39 is 5.97 Å². The number of carboxylic acid groups (broad SMARTS) is 1. The average Bonchev–Trinajstić information content (AvgIpc) is 1.66. The van der Waals surface area contributed by atoms with Gasteiger partial charge in [-0.05, 0) is 0 Å². The fourth-order valence-electron chi connectivity index (χ4n) is 0.151. The van der Waals surface area contributed by atoms with E-state index >= 15 is 0 Å². The molecular formula is C6H14CuO2. The second kappa shape index (κ2) is 10.9. The van der Waals surface area contributed by atoms with E-state index in [2.05, 4.69) is 13.8 Å². The monoisotopic (exact) mass is 181 g/mol. The van der Waals surface area contributed by atoms with Crippen molar-refractivity contribution in [1.29, 1.82) is 0 Å². The standard InChI is InChI=1S/C2H4O2.2C2H5.Cu/c1-2(3)4;2*1-2;/h1H3,(H,3,4);2*1H2,2H3;. The van der Waals surface area contributed by atoms with Crippen LogP contribution in [0.2, 0.25) is 10.6 Å². The zero-order valence-corrected chi connectivity index (χ0v) is 7.01. The first-order valence-corrected chi connectivity index (χ1v) is 4.10. The zero-order chi connectivity index (χ0) is 7.70. The fourth-order valence-corrected chi connectivity index (χ4v) is 0.622. The molecule has 0 bridgehead atoms. The van der Waals surface area contributed by atoms with Gasteiger partial charge in [-0.15, -0.1) is 0 Å². The van der Waals surface area contributed by atoms with Crippen molar-refractivity contribution in [2.24, 2.45) is 0 Å². The molecular weight excluding hydrogens is 168 g/mol. The Morgan fingerprint density at radius 3 is 1.67 bits per heavy atom. The van der Waals surface area contributed by atoms with Crippen LogP contribution in [0.5, 0.6) is 0 Å². The van der Waals surface area contributed by atoms with Crippen molar-refractivity contribution >= 4 is 5.97 Å². The van der Waals surface area contributed by atoms with Gasteiger partial charge in [0.05, 0.1) is 0 Å². The van der Waals surface area contributed by atoms with Crippen LogP contribution in [0.3, 0.4) is 0 Å². The van der Waals surface area contributed by atoms with Crippen LogP contribution in [-0.2, 0) is 19.8 Å². The van der Waals surface area contributed by atoms with E-state index in [1.807, 2.05) is 15.0 Å². The molecule has 1 N–H and O–H groups in total. The van der Waals surface area contributed by atoms with E-state index in [9.17, 15) is 0 Å². The SMILES string of the molecule is CC(=O)O.C[CH2][Cu][CH2]C. The van der Waals surface area contributed by atoms with E-state index in [1.165, 1.54) is 10.6 Å². The zero-order valence-electron chi connectivity index (χ0n) is 6.07. The molecule has 0 spiro atoms. The molecule has 0 heterocycles. The van der Waals surface area contributed by atoms with E-state index in [4.69, 9.17) is 9.90 Å². The predicted octanol–water partition coefficient (Wildman–Crippen LogP) is 2.04. The summed E-state index contributed by atoms with van der Waals surface area (Å²) >= 11 is 2.03. The minimum absolute atomic E-state index is 0.833. The molecule has 0 aliphatic carbocycles. The number of aliphatic carboxylic acids is 1. The minimum atomic E-state index is -0.833. The molecule has 0 unspecified atom stereocenters. The second-order valence-electron chi connectivity index (χ2n) is 1.10. The van der Waals surface area contributed by atoms with Crippen LogP contribution in [0.25, 0.3) is 0 Å². The van der Waals surface area contributed by atoms with Gasteiger partial charge < -0.3 is 5.11 Å². The summed E-state index contributed by atoms with van der Waals surface area (Å²) in [5.74, 6) is -0.833.